The van der Waals surface area contributed by atoms with E-state index in [1.54, 1.807) is 0 Å². The summed E-state index contributed by atoms with van der Waals surface area (Å²) in [5.74, 6) is 0.504. The molecule has 2 aromatic rings. The van der Waals surface area contributed by atoms with Crippen molar-refractivity contribution in [3.8, 4) is 0 Å². The molecule has 1 aliphatic carbocycles. The first-order chi connectivity index (χ1) is 13.9. The first kappa shape index (κ1) is 19.6. The number of rotatable bonds is 5. The lowest BCUT2D eigenvalue weighted by Gasteiger charge is -2.34. The Balaban J connectivity index is 1.44. The molecule has 1 saturated carbocycles. The number of nitrogens with one attached hydrogen (secondary N) is 2. The normalized spacial score (nSPS) is 21.1. The Bertz CT molecular complexity index is 866. The number of halogens is 3. The Morgan fingerprint density at radius 1 is 1.14 bits per heavy atom. The van der Waals surface area contributed by atoms with E-state index in [2.05, 4.69) is 10.6 Å². The van der Waals surface area contributed by atoms with E-state index >= 15 is 0 Å². The summed E-state index contributed by atoms with van der Waals surface area (Å²) in [5.41, 5.74) is 1.44. The van der Waals surface area contributed by atoms with Crippen LogP contribution in [0.2, 0.25) is 0 Å². The van der Waals surface area contributed by atoms with Gasteiger partial charge >= 0.3 is 12.3 Å². The van der Waals surface area contributed by atoms with Crippen LogP contribution in [0.25, 0.3) is 0 Å². The minimum absolute atomic E-state index is 0.147. The van der Waals surface area contributed by atoms with Crippen molar-refractivity contribution in [1.82, 2.24) is 5.32 Å². The van der Waals surface area contributed by atoms with Crippen LogP contribution in [0, 0.1) is 5.92 Å². The fourth-order valence-corrected chi connectivity index (χ4v) is 3.83. The Kier molecular flexibility index (Phi) is 5.39. The standard InChI is InChI=1S/C22H23F3N2O2/c23-22(24,25)16-8-9-18-17(12-16)20(13-19(26-18)15-6-7-15)27-21(28)29-11-10-14-4-2-1-3-5-14/h1-5,8-9,12,15,19-20,26H,6-7,10-11,13H2,(H,27,28)/t19-,20-/m1/s1. The molecule has 0 unspecified atom stereocenters. The van der Waals surface area contributed by atoms with Crippen molar-refractivity contribution < 1.29 is 22.7 Å². The number of hydrogen-bond donors (Lipinski definition) is 2. The maximum absolute atomic E-state index is 13.2. The average Bonchev–Trinajstić information content (AvgIpc) is 3.53. The monoisotopic (exact) mass is 404 g/mol. The van der Waals surface area contributed by atoms with Gasteiger partial charge in [0.1, 0.15) is 0 Å². The molecule has 4 nitrogen and oxygen atoms in total. The molecule has 0 aromatic heterocycles. The lowest BCUT2D eigenvalue weighted by molar-refractivity contribution is -0.137. The molecule has 154 valence electrons. The summed E-state index contributed by atoms with van der Waals surface area (Å²) < 4.78 is 44.8. The number of alkyl carbamates (subject to hydrolysis) is 1. The van der Waals surface area contributed by atoms with Gasteiger partial charge in [-0.3, -0.25) is 0 Å². The topological polar surface area (TPSA) is 50.4 Å². The largest absolute Gasteiger partial charge is 0.449 e. The third-order valence-electron chi connectivity index (χ3n) is 5.53. The molecule has 2 N–H and O–H groups in total. The summed E-state index contributed by atoms with van der Waals surface area (Å²) in [5, 5.41) is 6.13. The van der Waals surface area contributed by atoms with Crippen molar-refractivity contribution in [2.24, 2.45) is 5.92 Å². The van der Waals surface area contributed by atoms with Gasteiger partial charge in [0.15, 0.2) is 0 Å². The maximum Gasteiger partial charge on any atom is 0.416 e. The first-order valence-electron chi connectivity index (χ1n) is 9.85. The lowest BCUT2D eigenvalue weighted by Crippen LogP contribution is -2.38. The number of anilines is 1. The molecule has 1 aliphatic heterocycles. The van der Waals surface area contributed by atoms with Crippen LogP contribution in [0.3, 0.4) is 0 Å². The summed E-state index contributed by atoms with van der Waals surface area (Å²) in [6, 6.07) is 12.9. The smallest absolute Gasteiger partial charge is 0.416 e. The average molecular weight is 404 g/mol. The molecule has 1 fully saturated rings. The van der Waals surface area contributed by atoms with E-state index in [1.807, 2.05) is 30.3 Å². The van der Waals surface area contributed by atoms with Gasteiger partial charge in [0.2, 0.25) is 0 Å². The van der Waals surface area contributed by atoms with E-state index in [1.165, 1.54) is 6.07 Å². The van der Waals surface area contributed by atoms with E-state index in [4.69, 9.17) is 4.74 Å². The summed E-state index contributed by atoms with van der Waals surface area (Å²) >= 11 is 0. The van der Waals surface area contributed by atoms with Gasteiger partial charge in [0, 0.05) is 18.2 Å². The van der Waals surface area contributed by atoms with Gasteiger partial charge < -0.3 is 15.4 Å². The molecule has 2 aliphatic rings. The van der Waals surface area contributed by atoms with Crippen molar-refractivity contribution in [3.63, 3.8) is 0 Å². The van der Waals surface area contributed by atoms with Crippen LogP contribution in [0.5, 0.6) is 0 Å². The number of carbonyl (C=O) groups is 1. The number of amides is 1. The summed E-state index contributed by atoms with van der Waals surface area (Å²) in [7, 11) is 0. The van der Waals surface area contributed by atoms with Gasteiger partial charge in [0.05, 0.1) is 18.2 Å². The van der Waals surface area contributed by atoms with Crippen LogP contribution in [-0.4, -0.2) is 18.7 Å². The van der Waals surface area contributed by atoms with E-state index in [0.717, 1.165) is 30.5 Å². The number of alkyl halides is 3. The predicted octanol–water partition coefficient (Wildman–Crippen LogP) is 5.31. The van der Waals surface area contributed by atoms with Gasteiger partial charge in [-0.25, -0.2) is 4.79 Å². The van der Waals surface area contributed by atoms with Gasteiger partial charge in [-0.15, -0.1) is 0 Å². The summed E-state index contributed by atoms with van der Waals surface area (Å²) in [4.78, 5) is 12.3. The Hall–Kier alpha value is -2.70. The molecule has 7 heteroatoms. The zero-order valence-corrected chi connectivity index (χ0v) is 15.8. The van der Waals surface area contributed by atoms with Crippen LogP contribution in [0.1, 0.15) is 42.0 Å². The second-order valence-corrected chi connectivity index (χ2v) is 7.69. The number of ether oxygens (including phenoxy) is 1. The van der Waals surface area contributed by atoms with Gasteiger partial charge in [-0.2, -0.15) is 13.2 Å². The highest BCUT2D eigenvalue weighted by molar-refractivity contribution is 5.69. The van der Waals surface area contributed by atoms with Gasteiger partial charge in [-0.05, 0) is 54.5 Å². The van der Waals surface area contributed by atoms with Crippen molar-refractivity contribution in [1.29, 1.82) is 0 Å². The fourth-order valence-electron chi connectivity index (χ4n) is 3.83. The summed E-state index contributed by atoms with van der Waals surface area (Å²) in [6.07, 6.45) is -1.70. The van der Waals surface area contributed by atoms with Gasteiger partial charge in [0.25, 0.3) is 0 Å². The highest BCUT2D eigenvalue weighted by Crippen LogP contribution is 2.44. The zero-order chi connectivity index (χ0) is 20.4. The SMILES string of the molecule is O=C(N[C@@H]1C[C@H](C2CC2)Nc2ccc(C(F)(F)F)cc21)OCCc1ccccc1. The molecule has 0 radical (unpaired) electrons. The molecule has 0 bridgehead atoms. The van der Waals surface area contributed by atoms with Crippen molar-refractivity contribution in [2.75, 3.05) is 11.9 Å². The van der Waals surface area contributed by atoms with Gasteiger partial charge in [-0.1, -0.05) is 30.3 Å². The minimum Gasteiger partial charge on any atom is -0.449 e. The minimum atomic E-state index is -4.43. The quantitative estimate of drug-likeness (QED) is 0.710. The molecule has 29 heavy (non-hydrogen) atoms. The number of hydrogen-bond acceptors (Lipinski definition) is 3. The highest BCUT2D eigenvalue weighted by atomic mass is 19.4. The maximum atomic E-state index is 13.2. The summed E-state index contributed by atoms with van der Waals surface area (Å²) in [6.45, 7) is 0.211. The van der Waals surface area contributed by atoms with Crippen molar-refractivity contribution in [2.45, 2.75) is 43.9 Å². The molecular formula is C22H23F3N2O2. The van der Waals surface area contributed by atoms with E-state index in [9.17, 15) is 18.0 Å². The third kappa shape index (κ3) is 4.83. The van der Waals surface area contributed by atoms with Crippen molar-refractivity contribution >= 4 is 11.8 Å². The van der Waals surface area contributed by atoms with Crippen LogP contribution < -0.4 is 10.6 Å². The van der Waals surface area contributed by atoms with Crippen LogP contribution in [0.15, 0.2) is 48.5 Å². The molecule has 4 rings (SSSR count). The lowest BCUT2D eigenvalue weighted by atomic mass is 9.89. The molecule has 1 heterocycles. The number of carbonyl (C=O) groups excluding carboxylic acids is 1. The molecule has 2 atom stereocenters. The molecule has 1 amide bonds. The van der Waals surface area contributed by atoms with E-state index in [-0.39, 0.29) is 12.6 Å². The third-order valence-corrected chi connectivity index (χ3v) is 5.53. The highest BCUT2D eigenvalue weighted by Gasteiger charge is 2.39. The Labute approximate surface area is 167 Å². The zero-order valence-electron chi connectivity index (χ0n) is 15.8. The van der Waals surface area contributed by atoms with Crippen LogP contribution in [0.4, 0.5) is 23.7 Å². The number of benzene rings is 2. The predicted molar refractivity (Wildman–Crippen MR) is 104 cm³/mol. The van der Waals surface area contributed by atoms with Crippen LogP contribution >= 0.6 is 0 Å². The van der Waals surface area contributed by atoms with E-state index < -0.39 is 23.9 Å². The van der Waals surface area contributed by atoms with E-state index in [0.29, 0.717) is 30.0 Å². The molecular weight excluding hydrogens is 381 g/mol. The molecule has 2 aromatic carbocycles. The van der Waals surface area contributed by atoms with Crippen molar-refractivity contribution in [3.05, 3.63) is 65.2 Å². The molecule has 0 saturated heterocycles. The first-order valence-corrected chi connectivity index (χ1v) is 9.85. The Morgan fingerprint density at radius 2 is 1.90 bits per heavy atom. The fraction of sp³-hybridized carbons (Fsp3) is 0.409. The number of fused-ring (bicyclic) bond motifs is 1. The second-order valence-electron chi connectivity index (χ2n) is 7.69. The molecule has 0 spiro atoms. The Morgan fingerprint density at radius 3 is 2.59 bits per heavy atom. The second kappa shape index (κ2) is 7.97. The van der Waals surface area contributed by atoms with Crippen LogP contribution in [-0.2, 0) is 17.3 Å².